The maximum Gasteiger partial charge on any atom is 0.232 e. The average Bonchev–Trinajstić information content (AvgIpc) is 2.31. The van der Waals surface area contributed by atoms with E-state index < -0.39 is 0 Å². The zero-order chi connectivity index (χ0) is 10.5. The van der Waals surface area contributed by atoms with Crippen molar-refractivity contribution in [1.82, 2.24) is 4.98 Å². The maximum atomic E-state index is 7.78. The molecule has 0 saturated heterocycles. The van der Waals surface area contributed by atoms with E-state index in [4.69, 9.17) is 10.1 Å². The fourth-order valence-corrected chi connectivity index (χ4v) is 1.91. The monoisotopic (exact) mass is 204 g/mol. The number of hydrogen-bond acceptors (Lipinski definition) is 3. The van der Waals surface area contributed by atoms with Gasteiger partial charge in [-0.2, -0.15) is 0 Å². The SMILES string of the molecule is N=C(OC1CCCCC1)c1ccccn1. The highest BCUT2D eigenvalue weighted by Gasteiger charge is 2.16. The minimum absolute atomic E-state index is 0.211. The van der Waals surface area contributed by atoms with Crippen LogP contribution >= 0.6 is 0 Å². The van der Waals surface area contributed by atoms with E-state index in [1.165, 1.54) is 19.3 Å². The Morgan fingerprint density at radius 1 is 1.27 bits per heavy atom. The van der Waals surface area contributed by atoms with E-state index in [0.717, 1.165) is 12.8 Å². The number of aromatic nitrogens is 1. The molecule has 15 heavy (non-hydrogen) atoms. The largest absolute Gasteiger partial charge is 0.473 e. The molecule has 0 atom stereocenters. The van der Waals surface area contributed by atoms with E-state index in [1.54, 1.807) is 6.20 Å². The molecular weight excluding hydrogens is 188 g/mol. The first-order chi connectivity index (χ1) is 7.36. The van der Waals surface area contributed by atoms with Crippen LogP contribution in [-0.4, -0.2) is 17.0 Å². The zero-order valence-electron chi connectivity index (χ0n) is 8.78. The molecule has 1 aromatic rings. The fraction of sp³-hybridized carbons (Fsp3) is 0.500. The van der Waals surface area contributed by atoms with Gasteiger partial charge in [-0.3, -0.25) is 10.4 Å². The second-order valence-corrected chi connectivity index (χ2v) is 3.92. The molecular formula is C12H16N2O. The molecule has 0 amide bonds. The number of nitrogens with zero attached hydrogens (tertiary/aromatic N) is 1. The van der Waals surface area contributed by atoms with E-state index in [1.807, 2.05) is 18.2 Å². The molecule has 80 valence electrons. The van der Waals surface area contributed by atoms with E-state index in [-0.39, 0.29) is 12.0 Å². The number of pyridine rings is 1. The van der Waals surface area contributed by atoms with Crippen molar-refractivity contribution in [2.24, 2.45) is 0 Å². The lowest BCUT2D eigenvalue weighted by molar-refractivity contribution is 0.142. The summed E-state index contributed by atoms with van der Waals surface area (Å²) in [6.45, 7) is 0. The third kappa shape index (κ3) is 2.78. The van der Waals surface area contributed by atoms with Gasteiger partial charge in [0, 0.05) is 6.20 Å². The minimum Gasteiger partial charge on any atom is -0.473 e. The van der Waals surface area contributed by atoms with Gasteiger partial charge in [-0.05, 0) is 37.8 Å². The van der Waals surface area contributed by atoms with Crippen molar-refractivity contribution in [2.75, 3.05) is 0 Å². The van der Waals surface area contributed by atoms with Crippen molar-refractivity contribution in [3.8, 4) is 0 Å². The summed E-state index contributed by atoms with van der Waals surface area (Å²) in [4.78, 5) is 4.09. The maximum absolute atomic E-state index is 7.78. The molecule has 1 fully saturated rings. The van der Waals surface area contributed by atoms with Crippen LogP contribution in [0.1, 0.15) is 37.8 Å². The Morgan fingerprint density at radius 2 is 2.07 bits per heavy atom. The highest BCUT2D eigenvalue weighted by Crippen LogP contribution is 2.20. The molecule has 3 heteroatoms. The van der Waals surface area contributed by atoms with E-state index in [9.17, 15) is 0 Å². The lowest BCUT2D eigenvalue weighted by Crippen LogP contribution is -2.21. The Kier molecular flexibility index (Phi) is 3.33. The molecule has 0 aliphatic heterocycles. The van der Waals surface area contributed by atoms with Crippen molar-refractivity contribution in [3.63, 3.8) is 0 Å². The molecule has 0 radical (unpaired) electrons. The molecule has 1 saturated carbocycles. The summed E-state index contributed by atoms with van der Waals surface area (Å²) in [6, 6.07) is 5.53. The van der Waals surface area contributed by atoms with Gasteiger partial charge in [-0.25, -0.2) is 0 Å². The second-order valence-electron chi connectivity index (χ2n) is 3.92. The highest BCUT2D eigenvalue weighted by atomic mass is 16.5. The number of rotatable bonds is 2. The third-order valence-electron chi connectivity index (χ3n) is 2.73. The van der Waals surface area contributed by atoms with E-state index in [2.05, 4.69) is 4.98 Å². The normalized spacial score (nSPS) is 17.3. The van der Waals surface area contributed by atoms with Gasteiger partial charge in [0.05, 0.1) is 0 Å². The Bertz CT molecular complexity index is 318. The molecule has 0 unspecified atom stereocenters. The van der Waals surface area contributed by atoms with E-state index in [0.29, 0.717) is 5.69 Å². The first-order valence-electron chi connectivity index (χ1n) is 5.53. The first-order valence-corrected chi connectivity index (χ1v) is 5.53. The predicted molar refractivity (Wildman–Crippen MR) is 59.0 cm³/mol. The fourth-order valence-electron chi connectivity index (χ4n) is 1.91. The smallest absolute Gasteiger partial charge is 0.232 e. The molecule has 0 bridgehead atoms. The van der Waals surface area contributed by atoms with Crippen LogP contribution in [0, 0.1) is 5.41 Å². The van der Waals surface area contributed by atoms with Gasteiger partial charge < -0.3 is 4.74 Å². The van der Waals surface area contributed by atoms with Crippen LogP contribution in [0.3, 0.4) is 0 Å². The third-order valence-corrected chi connectivity index (χ3v) is 2.73. The summed E-state index contributed by atoms with van der Waals surface area (Å²) in [7, 11) is 0. The summed E-state index contributed by atoms with van der Waals surface area (Å²) in [5.74, 6) is 0.211. The standard InChI is InChI=1S/C12H16N2O/c13-12(11-8-4-5-9-14-11)15-10-6-2-1-3-7-10/h4-5,8-10,13H,1-3,6-7H2. The van der Waals surface area contributed by atoms with Gasteiger partial charge in [0.1, 0.15) is 11.8 Å². The Labute approximate surface area is 90.0 Å². The van der Waals surface area contributed by atoms with E-state index >= 15 is 0 Å². The topological polar surface area (TPSA) is 46.0 Å². The Balaban J connectivity index is 1.91. The summed E-state index contributed by atoms with van der Waals surface area (Å²) in [5.41, 5.74) is 0.628. The van der Waals surface area contributed by atoms with Crippen molar-refractivity contribution in [3.05, 3.63) is 30.1 Å². The van der Waals surface area contributed by atoms with Crippen LogP contribution in [0.5, 0.6) is 0 Å². The lowest BCUT2D eigenvalue weighted by atomic mass is 9.98. The van der Waals surface area contributed by atoms with Crippen molar-refractivity contribution < 1.29 is 4.74 Å². The summed E-state index contributed by atoms with van der Waals surface area (Å²) >= 11 is 0. The molecule has 0 aromatic carbocycles. The lowest BCUT2D eigenvalue weighted by Gasteiger charge is -2.22. The first kappa shape index (κ1) is 10.1. The molecule has 1 heterocycles. The van der Waals surface area contributed by atoms with Crippen LogP contribution < -0.4 is 0 Å². The van der Waals surface area contributed by atoms with Crippen LogP contribution in [0.2, 0.25) is 0 Å². The van der Waals surface area contributed by atoms with Crippen molar-refractivity contribution in [2.45, 2.75) is 38.2 Å². The number of hydrogen-bond donors (Lipinski definition) is 1. The minimum atomic E-state index is 0.211. The highest BCUT2D eigenvalue weighted by molar-refractivity contribution is 5.89. The Hall–Kier alpha value is -1.38. The molecule has 1 N–H and O–H groups in total. The second kappa shape index (κ2) is 4.91. The number of ether oxygens (including phenoxy) is 1. The molecule has 3 nitrogen and oxygen atoms in total. The zero-order valence-corrected chi connectivity index (χ0v) is 8.78. The quantitative estimate of drug-likeness (QED) is 0.594. The van der Waals surface area contributed by atoms with Crippen LogP contribution in [-0.2, 0) is 4.74 Å². The summed E-state index contributed by atoms with van der Waals surface area (Å²) in [6.07, 6.45) is 7.82. The Morgan fingerprint density at radius 3 is 2.73 bits per heavy atom. The number of nitrogens with one attached hydrogen (secondary N) is 1. The summed E-state index contributed by atoms with van der Waals surface area (Å²) < 4.78 is 5.60. The van der Waals surface area contributed by atoms with Crippen LogP contribution in [0.25, 0.3) is 0 Å². The van der Waals surface area contributed by atoms with Crippen molar-refractivity contribution in [1.29, 1.82) is 5.41 Å². The van der Waals surface area contributed by atoms with Gasteiger partial charge in [0.2, 0.25) is 5.90 Å². The van der Waals surface area contributed by atoms with Crippen LogP contribution in [0.15, 0.2) is 24.4 Å². The van der Waals surface area contributed by atoms with Crippen molar-refractivity contribution >= 4 is 5.90 Å². The van der Waals surface area contributed by atoms with Gasteiger partial charge in [-0.15, -0.1) is 0 Å². The van der Waals surface area contributed by atoms with Gasteiger partial charge >= 0.3 is 0 Å². The van der Waals surface area contributed by atoms with Gasteiger partial charge in [0.25, 0.3) is 0 Å². The molecule has 1 aliphatic rings. The van der Waals surface area contributed by atoms with Crippen LogP contribution in [0.4, 0.5) is 0 Å². The molecule has 1 aliphatic carbocycles. The summed E-state index contributed by atoms with van der Waals surface area (Å²) in [5, 5.41) is 7.78. The molecule has 2 rings (SSSR count). The van der Waals surface area contributed by atoms with Gasteiger partial charge in [0.15, 0.2) is 0 Å². The molecule has 0 spiro atoms. The molecule has 1 aromatic heterocycles. The average molecular weight is 204 g/mol. The predicted octanol–water partition coefficient (Wildman–Crippen LogP) is 2.76. The van der Waals surface area contributed by atoms with Gasteiger partial charge in [-0.1, -0.05) is 12.5 Å².